The fraction of sp³-hybridized carbons (Fsp3) is 1.00. The summed E-state index contributed by atoms with van der Waals surface area (Å²) in [6.07, 6.45) is 11.5. The van der Waals surface area contributed by atoms with Gasteiger partial charge in [0, 0.05) is 24.2 Å². The van der Waals surface area contributed by atoms with Gasteiger partial charge in [-0.3, -0.25) is 0 Å². The number of hydrogen-bond acceptors (Lipinski definition) is 2. The van der Waals surface area contributed by atoms with E-state index in [1.165, 1.54) is 51.4 Å². The van der Waals surface area contributed by atoms with Gasteiger partial charge in [0.25, 0.3) is 0 Å². The molecule has 1 aliphatic carbocycles. The van der Waals surface area contributed by atoms with Crippen LogP contribution in [0.25, 0.3) is 0 Å². The van der Waals surface area contributed by atoms with Gasteiger partial charge in [-0.15, -0.1) is 0 Å². The zero-order chi connectivity index (χ0) is 10.3. The van der Waals surface area contributed by atoms with E-state index in [0.29, 0.717) is 0 Å². The van der Waals surface area contributed by atoms with Crippen molar-refractivity contribution in [3.05, 3.63) is 0 Å². The first-order chi connectivity index (χ1) is 7.33. The Balaban J connectivity index is 1.55. The van der Waals surface area contributed by atoms with E-state index in [-0.39, 0.29) is 0 Å². The Hall–Kier alpha value is -0.0800. The molecule has 2 bridgehead atoms. The van der Waals surface area contributed by atoms with Gasteiger partial charge >= 0.3 is 0 Å². The predicted molar refractivity (Wildman–Crippen MR) is 63.0 cm³/mol. The maximum Gasteiger partial charge on any atom is 0.0111 e. The standard InChI is InChI=1S/C13H24N2/c1-15-12-6-7-13(15)9-11(8-12)14-10-4-2-3-5-10/h10-14H,2-9H2,1H3. The average Bonchev–Trinajstić information content (AvgIpc) is 2.76. The van der Waals surface area contributed by atoms with Crippen LogP contribution in [0.15, 0.2) is 0 Å². The summed E-state index contributed by atoms with van der Waals surface area (Å²) < 4.78 is 0. The topological polar surface area (TPSA) is 15.3 Å². The second-order valence-corrected chi connectivity index (χ2v) is 5.87. The van der Waals surface area contributed by atoms with Crippen molar-refractivity contribution in [1.82, 2.24) is 10.2 Å². The van der Waals surface area contributed by atoms with Crippen molar-refractivity contribution in [2.24, 2.45) is 0 Å². The van der Waals surface area contributed by atoms with Crippen molar-refractivity contribution < 1.29 is 0 Å². The summed E-state index contributed by atoms with van der Waals surface area (Å²) in [4.78, 5) is 2.63. The summed E-state index contributed by atoms with van der Waals surface area (Å²) in [5.41, 5.74) is 0. The molecule has 2 heteroatoms. The molecule has 3 fully saturated rings. The summed E-state index contributed by atoms with van der Waals surface area (Å²) >= 11 is 0. The van der Waals surface area contributed by atoms with Crippen LogP contribution in [-0.2, 0) is 0 Å². The summed E-state index contributed by atoms with van der Waals surface area (Å²) in [5.74, 6) is 0. The molecule has 3 rings (SSSR count). The van der Waals surface area contributed by atoms with Crippen LogP contribution in [-0.4, -0.2) is 36.1 Å². The summed E-state index contributed by atoms with van der Waals surface area (Å²) in [6, 6.07) is 3.48. The summed E-state index contributed by atoms with van der Waals surface area (Å²) in [5, 5.41) is 3.91. The zero-order valence-electron chi connectivity index (χ0n) is 9.91. The first-order valence-electron chi connectivity index (χ1n) is 6.81. The van der Waals surface area contributed by atoms with Gasteiger partial charge in [-0.1, -0.05) is 12.8 Å². The SMILES string of the molecule is CN1C2CCC1CC(NC1CCCC1)C2. The highest BCUT2D eigenvalue weighted by Gasteiger charge is 2.38. The van der Waals surface area contributed by atoms with Gasteiger partial charge in [0.05, 0.1) is 0 Å². The Bertz CT molecular complexity index is 209. The van der Waals surface area contributed by atoms with E-state index in [1.54, 1.807) is 0 Å². The Kier molecular flexibility index (Phi) is 2.73. The number of rotatable bonds is 2. The van der Waals surface area contributed by atoms with E-state index in [9.17, 15) is 0 Å². The van der Waals surface area contributed by atoms with E-state index in [0.717, 1.165) is 24.2 Å². The van der Waals surface area contributed by atoms with E-state index in [2.05, 4.69) is 17.3 Å². The number of hydrogen-bond donors (Lipinski definition) is 1. The van der Waals surface area contributed by atoms with Crippen LogP contribution < -0.4 is 5.32 Å². The first kappa shape index (κ1) is 10.1. The van der Waals surface area contributed by atoms with Gasteiger partial charge in [0.15, 0.2) is 0 Å². The van der Waals surface area contributed by atoms with Crippen LogP contribution in [0.2, 0.25) is 0 Å². The van der Waals surface area contributed by atoms with Crippen molar-refractivity contribution >= 4 is 0 Å². The molecule has 2 saturated heterocycles. The number of nitrogens with zero attached hydrogens (tertiary/aromatic N) is 1. The van der Waals surface area contributed by atoms with Gasteiger partial charge in [-0.25, -0.2) is 0 Å². The molecule has 3 aliphatic rings. The minimum absolute atomic E-state index is 0.835. The number of fused-ring (bicyclic) bond motifs is 2. The van der Waals surface area contributed by atoms with E-state index in [1.807, 2.05) is 0 Å². The molecule has 0 radical (unpaired) electrons. The van der Waals surface area contributed by atoms with E-state index >= 15 is 0 Å². The Morgan fingerprint density at radius 1 is 0.867 bits per heavy atom. The molecule has 0 aromatic rings. The Morgan fingerprint density at radius 3 is 2.07 bits per heavy atom. The second kappa shape index (κ2) is 4.06. The molecule has 0 aromatic carbocycles. The maximum absolute atomic E-state index is 3.91. The first-order valence-corrected chi connectivity index (χ1v) is 6.81. The van der Waals surface area contributed by atoms with Crippen LogP contribution in [0.3, 0.4) is 0 Å². The van der Waals surface area contributed by atoms with E-state index < -0.39 is 0 Å². The van der Waals surface area contributed by atoms with Crippen LogP contribution in [0, 0.1) is 0 Å². The molecular weight excluding hydrogens is 184 g/mol. The van der Waals surface area contributed by atoms with Crippen LogP contribution in [0.1, 0.15) is 51.4 Å². The molecule has 2 unspecified atom stereocenters. The Labute approximate surface area is 93.4 Å². The van der Waals surface area contributed by atoms with Gasteiger partial charge in [0.2, 0.25) is 0 Å². The van der Waals surface area contributed by atoms with Gasteiger partial charge in [-0.05, 0) is 45.6 Å². The molecule has 86 valence electrons. The number of nitrogens with one attached hydrogen (secondary N) is 1. The van der Waals surface area contributed by atoms with Crippen molar-refractivity contribution in [3.63, 3.8) is 0 Å². The van der Waals surface area contributed by atoms with Gasteiger partial charge in [-0.2, -0.15) is 0 Å². The lowest BCUT2D eigenvalue weighted by atomic mass is 9.97. The monoisotopic (exact) mass is 208 g/mol. The third-order valence-corrected chi connectivity index (χ3v) is 4.92. The molecule has 2 nitrogen and oxygen atoms in total. The largest absolute Gasteiger partial charge is 0.311 e. The highest BCUT2D eigenvalue weighted by atomic mass is 15.2. The summed E-state index contributed by atoms with van der Waals surface area (Å²) in [6.45, 7) is 0. The van der Waals surface area contributed by atoms with E-state index in [4.69, 9.17) is 0 Å². The smallest absolute Gasteiger partial charge is 0.0111 e. The third kappa shape index (κ3) is 1.94. The molecule has 0 aromatic heterocycles. The highest BCUT2D eigenvalue weighted by molar-refractivity contribution is 4.97. The van der Waals surface area contributed by atoms with Gasteiger partial charge in [0.1, 0.15) is 0 Å². The molecule has 15 heavy (non-hydrogen) atoms. The molecule has 2 heterocycles. The van der Waals surface area contributed by atoms with Crippen molar-refractivity contribution in [1.29, 1.82) is 0 Å². The molecule has 1 N–H and O–H groups in total. The summed E-state index contributed by atoms with van der Waals surface area (Å²) in [7, 11) is 2.33. The predicted octanol–water partition coefficient (Wildman–Crippen LogP) is 2.14. The molecule has 2 aliphatic heterocycles. The lowest BCUT2D eigenvalue weighted by Crippen LogP contribution is -2.49. The molecule has 0 amide bonds. The highest BCUT2D eigenvalue weighted by Crippen LogP contribution is 2.34. The second-order valence-electron chi connectivity index (χ2n) is 5.87. The van der Waals surface area contributed by atoms with Crippen LogP contribution in [0.4, 0.5) is 0 Å². The van der Waals surface area contributed by atoms with Crippen molar-refractivity contribution in [3.8, 4) is 0 Å². The molecule has 1 saturated carbocycles. The van der Waals surface area contributed by atoms with Crippen molar-refractivity contribution in [2.75, 3.05) is 7.05 Å². The average molecular weight is 208 g/mol. The lowest BCUT2D eigenvalue weighted by Gasteiger charge is -2.37. The van der Waals surface area contributed by atoms with Gasteiger partial charge < -0.3 is 10.2 Å². The third-order valence-electron chi connectivity index (χ3n) is 4.92. The van der Waals surface area contributed by atoms with Crippen molar-refractivity contribution in [2.45, 2.75) is 75.5 Å². The minimum Gasteiger partial charge on any atom is -0.311 e. The molecule has 0 spiro atoms. The molecular formula is C13H24N2. The minimum atomic E-state index is 0.835. The number of piperidine rings is 1. The maximum atomic E-state index is 3.91. The fourth-order valence-corrected chi connectivity index (χ4v) is 3.97. The van der Waals surface area contributed by atoms with Crippen LogP contribution in [0.5, 0.6) is 0 Å². The molecule has 2 atom stereocenters. The normalized spacial score (nSPS) is 42.6. The Morgan fingerprint density at radius 2 is 1.47 bits per heavy atom. The quantitative estimate of drug-likeness (QED) is 0.748. The fourth-order valence-electron chi connectivity index (χ4n) is 3.97. The zero-order valence-corrected chi connectivity index (χ0v) is 9.91. The lowest BCUT2D eigenvalue weighted by molar-refractivity contribution is 0.143. The van der Waals surface area contributed by atoms with Crippen LogP contribution >= 0.6 is 0 Å².